The molecule has 0 atom stereocenters. The van der Waals surface area contributed by atoms with E-state index in [0.29, 0.717) is 0 Å². The van der Waals surface area contributed by atoms with Crippen molar-refractivity contribution in [3.63, 3.8) is 0 Å². The monoisotopic (exact) mass is 352 g/mol. The number of likely N-dealkylation sites (N-methyl/N-ethyl adjacent to an activating group) is 1. The lowest BCUT2D eigenvalue weighted by Crippen LogP contribution is -2.44. The molecule has 0 saturated carbocycles. The number of rotatable bonds is 4. The molecule has 3 aromatic rings. The van der Waals surface area contributed by atoms with Crippen LogP contribution in [0.2, 0.25) is 0 Å². The largest absolute Gasteiger partial charge is 0.491 e. The highest BCUT2D eigenvalue weighted by Crippen LogP contribution is 2.29. The quantitative estimate of drug-likeness (QED) is 0.778. The number of fused-ring (bicyclic) bond motifs is 1. The number of ether oxygens (including phenoxy) is 1. The van der Waals surface area contributed by atoms with Gasteiger partial charge in [-0.3, -0.25) is 5.10 Å². The van der Waals surface area contributed by atoms with E-state index in [1.165, 1.54) is 0 Å². The van der Waals surface area contributed by atoms with Crippen molar-refractivity contribution < 1.29 is 4.74 Å². The number of piperazine rings is 1. The number of aromatic amines is 1. The van der Waals surface area contributed by atoms with E-state index in [9.17, 15) is 0 Å². The number of hydrogen-bond donors (Lipinski definition) is 1. The van der Waals surface area contributed by atoms with Crippen molar-refractivity contribution in [3.8, 4) is 17.1 Å². The molecular weight excluding hydrogens is 328 g/mol. The summed E-state index contributed by atoms with van der Waals surface area (Å²) >= 11 is 0. The van der Waals surface area contributed by atoms with Gasteiger partial charge in [-0.1, -0.05) is 0 Å². The number of H-pyrrole nitrogens is 1. The lowest BCUT2D eigenvalue weighted by Gasteiger charge is -2.33. The van der Waals surface area contributed by atoms with E-state index in [-0.39, 0.29) is 6.10 Å². The molecule has 0 spiro atoms. The van der Waals surface area contributed by atoms with Crippen molar-refractivity contribution in [1.82, 2.24) is 25.1 Å². The standard InChI is InChI=1S/C19H24N6O/c1-13(2)26-14-4-5-16-15(10-14)19(23-22-16)17-11-18(21-12-20-17)25-8-6-24(3)7-9-25/h4-5,10-13H,6-9H2,1-3H3,(H,22,23). The average molecular weight is 352 g/mol. The van der Waals surface area contributed by atoms with E-state index >= 15 is 0 Å². The van der Waals surface area contributed by atoms with Crippen molar-refractivity contribution in [3.05, 3.63) is 30.6 Å². The smallest absolute Gasteiger partial charge is 0.132 e. The van der Waals surface area contributed by atoms with Gasteiger partial charge in [-0.25, -0.2) is 9.97 Å². The molecule has 1 fully saturated rings. The number of anilines is 1. The predicted octanol–water partition coefficient (Wildman–Crippen LogP) is 2.56. The van der Waals surface area contributed by atoms with Crippen molar-refractivity contribution in [2.45, 2.75) is 20.0 Å². The van der Waals surface area contributed by atoms with E-state index in [1.54, 1.807) is 6.33 Å². The first-order valence-electron chi connectivity index (χ1n) is 9.01. The molecule has 0 radical (unpaired) electrons. The molecule has 1 N–H and O–H groups in total. The third-order valence-electron chi connectivity index (χ3n) is 4.63. The van der Waals surface area contributed by atoms with Gasteiger partial charge < -0.3 is 14.5 Å². The molecule has 1 aromatic carbocycles. The predicted molar refractivity (Wildman–Crippen MR) is 103 cm³/mol. The summed E-state index contributed by atoms with van der Waals surface area (Å²) in [5, 5.41) is 8.58. The fourth-order valence-electron chi connectivity index (χ4n) is 3.22. The molecule has 0 aliphatic carbocycles. The second kappa shape index (κ2) is 6.92. The Bertz CT molecular complexity index is 898. The first-order chi connectivity index (χ1) is 12.6. The Labute approximate surface area is 153 Å². The van der Waals surface area contributed by atoms with Gasteiger partial charge in [-0.05, 0) is 39.1 Å². The summed E-state index contributed by atoms with van der Waals surface area (Å²) in [5.74, 6) is 1.79. The highest BCUT2D eigenvalue weighted by atomic mass is 16.5. The number of benzene rings is 1. The Morgan fingerprint density at radius 3 is 2.65 bits per heavy atom. The first-order valence-corrected chi connectivity index (χ1v) is 9.01. The van der Waals surface area contributed by atoms with E-state index in [0.717, 1.165) is 60.0 Å². The topological polar surface area (TPSA) is 70.2 Å². The summed E-state index contributed by atoms with van der Waals surface area (Å²) in [7, 11) is 2.15. The molecule has 3 heterocycles. The Kier molecular flexibility index (Phi) is 4.46. The van der Waals surface area contributed by atoms with Gasteiger partial charge in [0.05, 0.1) is 17.3 Å². The van der Waals surface area contributed by atoms with Crippen LogP contribution in [0.15, 0.2) is 30.6 Å². The number of nitrogens with zero attached hydrogens (tertiary/aromatic N) is 5. The lowest BCUT2D eigenvalue weighted by atomic mass is 10.1. The van der Waals surface area contributed by atoms with Crippen LogP contribution in [-0.4, -0.2) is 64.4 Å². The second-order valence-corrected chi connectivity index (χ2v) is 7.00. The molecule has 1 saturated heterocycles. The zero-order valence-corrected chi connectivity index (χ0v) is 15.4. The molecule has 26 heavy (non-hydrogen) atoms. The first kappa shape index (κ1) is 16.8. The molecule has 7 heteroatoms. The van der Waals surface area contributed by atoms with Gasteiger partial charge in [0, 0.05) is 37.6 Å². The van der Waals surface area contributed by atoms with E-state index in [4.69, 9.17) is 4.74 Å². The second-order valence-electron chi connectivity index (χ2n) is 7.00. The fraction of sp³-hybridized carbons (Fsp3) is 0.421. The molecular formula is C19H24N6O. The maximum absolute atomic E-state index is 5.82. The highest BCUT2D eigenvalue weighted by molar-refractivity contribution is 5.93. The van der Waals surface area contributed by atoms with Crippen LogP contribution in [0.1, 0.15) is 13.8 Å². The Morgan fingerprint density at radius 1 is 1.08 bits per heavy atom. The molecule has 7 nitrogen and oxygen atoms in total. The number of hydrogen-bond acceptors (Lipinski definition) is 6. The Hall–Kier alpha value is -2.67. The summed E-state index contributed by atoms with van der Waals surface area (Å²) in [6, 6.07) is 7.99. The Balaban J connectivity index is 1.68. The van der Waals surface area contributed by atoms with Gasteiger partial charge in [0.25, 0.3) is 0 Å². The van der Waals surface area contributed by atoms with Crippen molar-refractivity contribution in [1.29, 1.82) is 0 Å². The zero-order chi connectivity index (χ0) is 18.1. The highest BCUT2D eigenvalue weighted by Gasteiger charge is 2.17. The van der Waals surface area contributed by atoms with Crippen LogP contribution in [-0.2, 0) is 0 Å². The zero-order valence-electron chi connectivity index (χ0n) is 15.4. The van der Waals surface area contributed by atoms with Crippen LogP contribution >= 0.6 is 0 Å². The van der Waals surface area contributed by atoms with Crippen LogP contribution < -0.4 is 9.64 Å². The summed E-state index contributed by atoms with van der Waals surface area (Å²) in [6.07, 6.45) is 1.75. The third kappa shape index (κ3) is 3.35. The van der Waals surface area contributed by atoms with Crippen LogP contribution in [0.3, 0.4) is 0 Å². The molecule has 0 bridgehead atoms. The molecule has 0 unspecified atom stereocenters. The number of nitrogens with one attached hydrogen (secondary N) is 1. The summed E-state index contributed by atoms with van der Waals surface area (Å²) in [6.45, 7) is 8.07. The van der Waals surface area contributed by atoms with E-state index < -0.39 is 0 Å². The van der Waals surface area contributed by atoms with Crippen molar-refractivity contribution in [2.75, 3.05) is 38.1 Å². The molecule has 1 aliphatic heterocycles. The summed E-state index contributed by atoms with van der Waals surface area (Å²) in [5.41, 5.74) is 2.62. The Morgan fingerprint density at radius 2 is 1.88 bits per heavy atom. The van der Waals surface area contributed by atoms with E-state index in [1.807, 2.05) is 38.1 Å². The van der Waals surface area contributed by atoms with Crippen LogP contribution in [0, 0.1) is 0 Å². The summed E-state index contributed by atoms with van der Waals surface area (Å²) < 4.78 is 5.82. The molecule has 136 valence electrons. The van der Waals surface area contributed by atoms with Gasteiger partial charge in [-0.15, -0.1) is 0 Å². The minimum Gasteiger partial charge on any atom is -0.491 e. The molecule has 2 aromatic heterocycles. The van der Waals surface area contributed by atoms with Crippen LogP contribution in [0.5, 0.6) is 5.75 Å². The summed E-state index contributed by atoms with van der Waals surface area (Å²) in [4.78, 5) is 13.6. The van der Waals surface area contributed by atoms with Crippen molar-refractivity contribution in [2.24, 2.45) is 0 Å². The average Bonchev–Trinajstić information content (AvgIpc) is 3.05. The van der Waals surface area contributed by atoms with Crippen LogP contribution in [0.25, 0.3) is 22.3 Å². The van der Waals surface area contributed by atoms with Gasteiger partial charge in [0.1, 0.15) is 23.6 Å². The molecule has 4 rings (SSSR count). The van der Waals surface area contributed by atoms with Crippen molar-refractivity contribution >= 4 is 16.7 Å². The third-order valence-corrected chi connectivity index (χ3v) is 4.63. The molecule has 0 amide bonds. The maximum atomic E-state index is 5.82. The van der Waals surface area contributed by atoms with Gasteiger partial charge in [0.15, 0.2) is 0 Å². The normalized spacial score (nSPS) is 15.8. The van der Waals surface area contributed by atoms with Crippen LogP contribution in [0.4, 0.5) is 5.82 Å². The lowest BCUT2D eigenvalue weighted by molar-refractivity contribution is 0.243. The molecule has 1 aliphatic rings. The maximum Gasteiger partial charge on any atom is 0.132 e. The van der Waals surface area contributed by atoms with Gasteiger partial charge in [-0.2, -0.15) is 5.10 Å². The van der Waals surface area contributed by atoms with Gasteiger partial charge in [0.2, 0.25) is 0 Å². The fourth-order valence-corrected chi connectivity index (χ4v) is 3.22. The number of aromatic nitrogens is 4. The minimum atomic E-state index is 0.130. The minimum absolute atomic E-state index is 0.130. The SMILES string of the molecule is CC(C)Oc1ccc2[nH]nc(-c3cc(N4CCN(C)CC4)ncn3)c2c1. The van der Waals surface area contributed by atoms with Gasteiger partial charge >= 0.3 is 0 Å². The van der Waals surface area contributed by atoms with E-state index in [2.05, 4.69) is 37.0 Å².